The summed E-state index contributed by atoms with van der Waals surface area (Å²) >= 11 is 0. The minimum Gasteiger partial charge on any atom is -0.340 e. The Balaban J connectivity index is 2.36. The molecule has 0 aliphatic heterocycles. The van der Waals surface area contributed by atoms with Crippen LogP contribution in [0.25, 0.3) is 5.52 Å². The zero-order valence-electron chi connectivity index (χ0n) is 11.9. The van der Waals surface area contributed by atoms with Gasteiger partial charge in [0.2, 0.25) is 0 Å². The molecule has 2 rings (SSSR count). The maximum Gasteiger partial charge on any atom is 0.274 e. The number of amides is 1. The van der Waals surface area contributed by atoms with Crippen molar-refractivity contribution in [3.05, 3.63) is 35.9 Å². The molecule has 2 heterocycles. The lowest BCUT2D eigenvalue weighted by Gasteiger charge is -2.15. The van der Waals surface area contributed by atoms with Gasteiger partial charge in [0.25, 0.3) is 5.91 Å². The van der Waals surface area contributed by atoms with E-state index in [1.165, 1.54) is 0 Å². The topological polar surface area (TPSA) is 37.6 Å². The third kappa shape index (κ3) is 2.62. The van der Waals surface area contributed by atoms with Crippen LogP contribution in [0.3, 0.4) is 0 Å². The smallest absolute Gasteiger partial charge is 0.274 e. The highest BCUT2D eigenvalue weighted by Gasteiger charge is 2.19. The highest BCUT2D eigenvalue weighted by Crippen LogP contribution is 2.15. The number of fused-ring (bicyclic) bond motifs is 1. The number of carbonyl (C=O) groups excluding carboxylic acids is 1. The molecule has 102 valence electrons. The predicted octanol–water partition coefficient (Wildman–Crippen LogP) is 2.77. The van der Waals surface area contributed by atoms with Crippen molar-refractivity contribution in [2.24, 2.45) is 0 Å². The molecule has 0 aliphatic rings. The van der Waals surface area contributed by atoms with Gasteiger partial charge in [-0.25, -0.2) is 4.98 Å². The Bertz CT molecular complexity index is 574. The third-order valence-corrected chi connectivity index (χ3v) is 3.33. The van der Waals surface area contributed by atoms with Crippen molar-refractivity contribution in [2.75, 3.05) is 13.6 Å². The van der Waals surface area contributed by atoms with Gasteiger partial charge in [0, 0.05) is 26.2 Å². The highest BCUT2D eigenvalue weighted by molar-refractivity contribution is 5.99. The highest BCUT2D eigenvalue weighted by atomic mass is 16.2. The van der Waals surface area contributed by atoms with E-state index in [1.807, 2.05) is 35.8 Å². The number of aromatic nitrogens is 2. The lowest BCUT2D eigenvalue weighted by Crippen LogP contribution is -2.28. The molecule has 0 atom stereocenters. The van der Waals surface area contributed by atoms with Crippen LogP contribution in [0.4, 0.5) is 0 Å². The van der Waals surface area contributed by atoms with Crippen LogP contribution in [0.2, 0.25) is 0 Å². The van der Waals surface area contributed by atoms with Gasteiger partial charge in [-0.15, -0.1) is 0 Å². The van der Waals surface area contributed by atoms with Crippen molar-refractivity contribution in [1.29, 1.82) is 0 Å². The molecule has 2 aromatic rings. The maximum atomic E-state index is 12.4. The Kier molecular flexibility index (Phi) is 4.20. The minimum absolute atomic E-state index is 0.0110. The number of nitrogens with zero attached hydrogens (tertiary/aromatic N) is 3. The zero-order valence-corrected chi connectivity index (χ0v) is 11.9. The summed E-state index contributed by atoms with van der Waals surface area (Å²) in [5.41, 5.74) is 1.46. The summed E-state index contributed by atoms with van der Waals surface area (Å²) in [4.78, 5) is 18.7. The molecular formula is C15H21N3O. The van der Waals surface area contributed by atoms with Gasteiger partial charge in [-0.2, -0.15) is 0 Å². The van der Waals surface area contributed by atoms with Crippen molar-refractivity contribution in [3.63, 3.8) is 0 Å². The Morgan fingerprint density at radius 3 is 2.84 bits per heavy atom. The first kappa shape index (κ1) is 13.6. The van der Waals surface area contributed by atoms with E-state index in [-0.39, 0.29) is 5.91 Å². The number of hydrogen-bond acceptors (Lipinski definition) is 2. The first-order chi connectivity index (χ1) is 9.19. The van der Waals surface area contributed by atoms with Crippen LogP contribution < -0.4 is 0 Å². The second-order valence-electron chi connectivity index (χ2n) is 4.77. The standard InChI is InChI=1S/C15H21N3O/c1-4-6-10-17(3)15(19)14-12-9-7-8-11-18(12)13(5-2)16-14/h7-9,11H,4-6,10H2,1-3H3. The van der Waals surface area contributed by atoms with Gasteiger partial charge in [0.1, 0.15) is 5.82 Å². The van der Waals surface area contributed by atoms with E-state index in [1.54, 1.807) is 4.90 Å². The molecule has 0 spiro atoms. The van der Waals surface area contributed by atoms with E-state index in [0.29, 0.717) is 5.69 Å². The molecule has 0 saturated carbocycles. The van der Waals surface area contributed by atoms with E-state index >= 15 is 0 Å². The average Bonchev–Trinajstić information content (AvgIpc) is 2.82. The molecule has 0 fully saturated rings. The minimum atomic E-state index is 0.0110. The normalized spacial score (nSPS) is 10.9. The first-order valence-corrected chi connectivity index (χ1v) is 6.90. The largest absolute Gasteiger partial charge is 0.340 e. The molecule has 0 aromatic carbocycles. The van der Waals surface area contributed by atoms with Gasteiger partial charge in [0.15, 0.2) is 5.69 Å². The van der Waals surface area contributed by atoms with Gasteiger partial charge < -0.3 is 9.30 Å². The predicted molar refractivity (Wildman–Crippen MR) is 76.4 cm³/mol. The summed E-state index contributed by atoms with van der Waals surface area (Å²) in [6.45, 7) is 4.96. The number of carbonyl (C=O) groups is 1. The summed E-state index contributed by atoms with van der Waals surface area (Å²) in [6.07, 6.45) is 4.89. The van der Waals surface area contributed by atoms with Crippen LogP contribution in [-0.2, 0) is 6.42 Å². The number of unbranched alkanes of at least 4 members (excludes halogenated alkanes) is 1. The number of aryl methyl sites for hydroxylation is 1. The van der Waals surface area contributed by atoms with Crippen LogP contribution in [0.15, 0.2) is 24.4 Å². The molecular weight excluding hydrogens is 238 g/mol. The fourth-order valence-corrected chi connectivity index (χ4v) is 2.19. The molecule has 0 N–H and O–H groups in total. The van der Waals surface area contributed by atoms with Gasteiger partial charge >= 0.3 is 0 Å². The molecule has 1 amide bonds. The van der Waals surface area contributed by atoms with E-state index in [9.17, 15) is 4.79 Å². The molecule has 0 saturated heterocycles. The van der Waals surface area contributed by atoms with Crippen LogP contribution in [0.5, 0.6) is 0 Å². The second kappa shape index (κ2) is 5.87. The fraction of sp³-hybridized carbons (Fsp3) is 0.467. The van der Waals surface area contributed by atoms with Gasteiger partial charge in [-0.3, -0.25) is 4.79 Å². The Hall–Kier alpha value is -1.84. The Morgan fingerprint density at radius 1 is 1.37 bits per heavy atom. The number of rotatable bonds is 5. The van der Waals surface area contributed by atoms with Crippen LogP contribution >= 0.6 is 0 Å². The van der Waals surface area contributed by atoms with E-state index < -0.39 is 0 Å². The Morgan fingerprint density at radius 2 is 2.16 bits per heavy atom. The summed E-state index contributed by atoms with van der Waals surface area (Å²) in [5.74, 6) is 0.944. The van der Waals surface area contributed by atoms with Crippen molar-refractivity contribution in [1.82, 2.24) is 14.3 Å². The Labute approximate surface area is 114 Å². The lowest BCUT2D eigenvalue weighted by molar-refractivity contribution is 0.0790. The van der Waals surface area contributed by atoms with Gasteiger partial charge in [-0.05, 0) is 18.6 Å². The van der Waals surface area contributed by atoms with Gasteiger partial charge in [0.05, 0.1) is 5.52 Å². The third-order valence-electron chi connectivity index (χ3n) is 3.33. The van der Waals surface area contributed by atoms with Crippen LogP contribution in [0, 0.1) is 0 Å². The zero-order chi connectivity index (χ0) is 13.8. The van der Waals surface area contributed by atoms with Crippen molar-refractivity contribution in [3.8, 4) is 0 Å². The average molecular weight is 259 g/mol. The number of imidazole rings is 1. The van der Waals surface area contributed by atoms with Crippen molar-refractivity contribution in [2.45, 2.75) is 33.1 Å². The van der Waals surface area contributed by atoms with E-state index in [2.05, 4.69) is 18.8 Å². The van der Waals surface area contributed by atoms with E-state index in [0.717, 1.165) is 37.1 Å². The quantitative estimate of drug-likeness (QED) is 0.828. The van der Waals surface area contributed by atoms with Gasteiger partial charge in [-0.1, -0.05) is 26.3 Å². The SMILES string of the molecule is CCCCN(C)C(=O)c1nc(CC)n2ccccc12. The molecule has 0 bridgehead atoms. The molecule has 0 unspecified atom stereocenters. The summed E-state index contributed by atoms with van der Waals surface area (Å²) in [5, 5.41) is 0. The summed E-state index contributed by atoms with van der Waals surface area (Å²) in [7, 11) is 1.84. The summed E-state index contributed by atoms with van der Waals surface area (Å²) in [6, 6.07) is 5.86. The van der Waals surface area contributed by atoms with Crippen molar-refractivity contribution >= 4 is 11.4 Å². The molecule has 19 heavy (non-hydrogen) atoms. The van der Waals surface area contributed by atoms with Crippen LogP contribution in [0.1, 0.15) is 43.0 Å². The molecule has 0 aliphatic carbocycles. The maximum absolute atomic E-state index is 12.4. The van der Waals surface area contributed by atoms with Crippen LogP contribution in [-0.4, -0.2) is 33.8 Å². The molecule has 0 radical (unpaired) electrons. The monoisotopic (exact) mass is 259 g/mol. The second-order valence-corrected chi connectivity index (χ2v) is 4.77. The number of pyridine rings is 1. The fourth-order valence-electron chi connectivity index (χ4n) is 2.19. The lowest BCUT2D eigenvalue weighted by atomic mass is 10.2. The first-order valence-electron chi connectivity index (χ1n) is 6.90. The molecule has 2 aromatic heterocycles. The summed E-state index contributed by atoms with van der Waals surface area (Å²) < 4.78 is 2.00. The molecule has 4 nitrogen and oxygen atoms in total. The number of hydrogen-bond donors (Lipinski definition) is 0. The molecule has 4 heteroatoms. The van der Waals surface area contributed by atoms with Crippen molar-refractivity contribution < 1.29 is 4.79 Å². The van der Waals surface area contributed by atoms with E-state index in [4.69, 9.17) is 0 Å².